The summed E-state index contributed by atoms with van der Waals surface area (Å²) >= 11 is 0. The van der Waals surface area contributed by atoms with Crippen molar-refractivity contribution in [3.63, 3.8) is 0 Å². The van der Waals surface area contributed by atoms with E-state index >= 15 is 0 Å². The number of rotatable bonds is 4. The number of carbonyl (C=O) groups excluding carboxylic acids is 2. The molecule has 0 saturated heterocycles. The van der Waals surface area contributed by atoms with Crippen molar-refractivity contribution in [1.82, 2.24) is 5.32 Å². The zero-order valence-corrected chi connectivity index (χ0v) is 14.0. The quantitative estimate of drug-likeness (QED) is 0.902. The average molecular weight is 328 g/mol. The van der Waals surface area contributed by atoms with Gasteiger partial charge in [-0.25, -0.2) is 4.39 Å². The third kappa shape index (κ3) is 4.65. The van der Waals surface area contributed by atoms with Gasteiger partial charge < -0.3 is 10.6 Å². The number of carbonyl (C=O) groups is 2. The van der Waals surface area contributed by atoms with Crippen LogP contribution in [0.4, 0.5) is 10.1 Å². The molecule has 4 nitrogen and oxygen atoms in total. The maximum absolute atomic E-state index is 13.5. The second-order valence-corrected chi connectivity index (χ2v) is 6.54. The van der Waals surface area contributed by atoms with Crippen LogP contribution in [0.25, 0.3) is 0 Å². The SMILES string of the molecule is CC(C)(C)c1ccc(NC(=O)CNC(=O)c2ccccc2F)cc1. The second kappa shape index (κ2) is 7.25. The molecule has 0 aliphatic rings. The lowest BCUT2D eigenvalue weighted by molar-refractivity contribution is -0.115. The number of hydrogen-bond donors (Lipinski definition) is 2. The summed E-state index contributed by atoms with van der Waals surface area (Å²) in [5, 5.41) is 5.10. The molecule has 0 radical (unpaired) electrons. The van der Waals surface area contributed by atoms with Crippen LogP contribution in [0.5, 0.6) is 0 Å². The number of nitrogens with one attached hydrogen (secondary N) is 2. The highest BCUT2D eigenvalue weighted by Crippen LogP contribution is 2.23. The van der Waals surface area contributed by atoms with Gasteiger partial charge in [0.1, 0.15) is 5.82 Å². The van der Waals surface area contributed by atoms with E-state index in [1.807, 2.05) is 24.3 Å². The highest BCUT2D eigenvalue weighted by atomic mass is 19.1. The van der Waals surface area contributed by atoms with Crippen LogP contribution in [-0.4, -0.2) is 18.4 Å². The Morgan fingerprint density at radius 2 is 1.62 bits per heavy atom. The maximum atomic E-state index is 13.5. The Kier molecular flexibility index (Phi) is 5.34. The molecular weight excluding hydrogens is 307 g/mol. The minimum atomic E-state index is -0.619. The molecule has 0 bridgehead atoms. The minimum Gasteiger partial charge on any atom is -0.343 e. The Morgan fingerprint density at radius 3 is 2.21 bits per heavy atom. The highest BCUT2D eigenvalue weighted by molar-refractivity contribution is 5.99. The average Bonchev–Trinajstić information content (AvgIpc) is 2.53. The van der Waals surface area contributed by atoms with Gasteiger partial charge in [-0.2, -0.15) is 0 Å². The fraction of sp³-hybridized carbons (Fsp3) is 0.263. The first-order valence-corrected chi connectivity index (χ1v) is 7.70. The molecule has 0 aliphatic heterocycles. The zero-order chi connectivity index (χ0) is 17.7. The van der Waals surface area contributed by atoms with Crippen LogP contribution >= 0.6 is 0 Å². The van der Waals surface area contributed by atoms with Gasteiger partial charge in [-0.15, -0.1) is 0 Å². The molecule has 0 atom stereocenters. The normalized spacial score (nSPS) is 11.0. The van der Waals surface area contributed by atoms with Gasteiger partial charge in [-0.3, -0.25) is 9.59 Å². The van der Waals surface area contributed by atoms with Crippen LogP contribution in [0, 0.1) is 5.82 Å². The summed E-state index contributed by atoms with van der Waals surface area (Å²) in [6, 6.07) is 13.2. The Hall–Kier alpha value is -2.69. The molecule has 2 N–H and O–H groups in total. The minimum absolute atomic E-state index is 0.0380. The van der Waals surface area contributed by atoms with Crippen molar-refractivity contribution in [2.45, 2.75) is 26.2 Å². The van der Waals surface area contributed by atoms with Gasteiger partial charge in [0.25, 0.3) is 5.91 Å². The molecule has 0 aromatic heterocycles. The van der Waals surface area contributed by atoms with Crippen molar-refractivity contribution >= 4 is 17.5 Å². The molecule has 0 heterocycles. The van der Waals surface area contributed by atoms with Crippen LogP contribution < -0.4 is 10.6 Å². The maximum Gasteiger partial charge on any atom is 0.254 e. The molecule has 5 heteroatoms. The summed E-state index contributed by atoms with van der Waals surface area (Å²) in [5.41, 5.74) is 1.76. The number of hydrogen-bond acceptors (Lipinski definition) is 2. The van der Waals surface area contributed by atoms with Crippen LogP contribution in [0.2, 0.25) is 0 Å². The summed E-state index contributed by atoms with van der Waals surface area (Å²) in [4.78, 5) is 23.7. The summed E-state index contributed by atoms with van der Waals surface area (Å²) in [7, 11) is 0. The first kappa shape index (κ1) is 17.7. The van der Waals surface area contributed by atoms with Crippen molar-refractivity contribution < 1.29 is 14.0 Å². The van der Waals surface area contributed by atoms with Crippen LogP contribution in [0.3, 0.4) is 0 Å². The van der Waals surface area contributed by atoms with Gasteiger partial charge in [0.05, 0.1) is 12.1 Å². The number of halogens is 1. The number of amides is 2. The van der Waals surface area contributed by atoms with E-state index in [0.29, 0.717) is 5.69 Å². The molecule has 0 aliphatic carbocycles. The summed E-state index contributed by atoms with van der Waals surface area (Å²) in [5.74, 6) is -1.61. The highest BCUT2D eigenvalue weighted by Gasteiger charge is 2.14. The lowest BCUT2D eigenvalue weighted by Gasteiger charge is -2.19. The van der Waals surface area contributed by atoms with E-state index in [-0.39, 0.29) is 23.4 Å². The molecule has 126 valence electrons. The smallest absolute Gasteiger partial charge is 0.254 e. The molecule has 0 fully saturated rings. The van der Waals surface area contributed by atoms with E-state index in [0.717, 1.165) is 5.56 Å². The van der Waals surface area contributed by atoms with Gasteiger partial charge in [0, 0.05) is 5.69 Å². The molecule has 0 saturated carbocycles. The Bertz CT molecular complexity index is 734. The van der Waals surface area contributed by atoms with Gasteiger partial charge in [0.15, 0.2) is 0 Å². The molecule has 0 spiro atoms. The largest absolute Gasteiger partial charge is 0.343 e. The predicted octanol–water partition coefficient (Wildman–Crippen LogP) is 3.49. The Labute approximate surface area is 141 Å². The second-order valence-electron chi connectivity index (χ2n) is 6.54. The summed E-state index contributed by atoms with van der Waals surface area (Å²) in [6.45, 7) is 6.10. The number of benzene rings is 2. The van der Waals surface area contributed by atoms with Gasteiger partial charge >= 0.3 is 0 Å². The van der Waals surface area contributed by atoms with Gasteiger partial charge in [-0.05, 0) is 35.2 Å². The summed E-state index contributed by atoms with van der Waals surface area (Å²) in [6.07, 6.45) is 0. The molecule has 2 rings (SSSR count). The zero-order valence-electron chi connectivity index (χ0n) is 14.0. The molecular formula is C19H21FN2O2. The van der Waals surface area contributed by atoms with E-state index in [1.54, 1.807) is 6.07 Å². The van der Waals surface area contributed by atoms with Crippen LogP contribution in [0.15, 0.2) is 48.5 Å². The third-order valence-corrected chi connectivity index (χ3v) is 3.56. The van der Waals surface area contributed by atoms with E-state index in [9.17, 15) is 14.0 Å². The molecule has 2 amide bonds. The molecule has 24 heavy (non-hydrogen) atoms. The first-order chi connectivity index (χ1) is 11.3. The Morgan fingerprint density at radius 1 is 1.00 bits per heavy atom. The van der Waals surface area contributed by atoms with Crippen LogP contribution in [0.1, 0.15) is 36.7 Å². The van der Waals surface area contributed by atoms with E-state index in [4.69, 9.17) is 0 Å². The molecule has 2 aromatic carbocycles. The fourth-order valence-corrected chi connectivity index (χ4v) is 2.16. The first-order valence-electron chi connectivity index (χ1n) is 7.70. The molecule has 2 aromatic rings. The standard InChI is InChI=1S/C19H21FN2O2/c1-19(2,3)13-8-10-14(11-9-13)22-17(23)12-21-18(24)15-6-4-5-7-16(15)20/h4-11H,12H2,1-3H3,(H,21,24)(H,22,23). The van der Waals surface area contributed by atoms with Crippen molar-refractivity contribution in [2.75, 3.05) is 11.9 Å². The van der Waals surface area contributed by atoms with Crippen molar-refractivity contribution in [2.24, 2.45) is 0 Å². The van der Waals surface area contributed by atoms with E-state index < -0.39 is 11.7 Å². The lowest BCUT2D eigenvalue weighted by atomic mass is 9.87. The monoisotopic (exact) mass is 328 g/mol. The summed E-state index contributed by atoms with van der Waals surface area (Å²) < 4.78 is 13.5. The third-order valence-electron chi connectivity index (χ3n) is 3.56. The van der Waals surface area contributed by atoms with E-state index in [2.05, 4.69) is 31.4 Å². The Balaban J connectivity index is 1.90. The van der Waals surface area contributed by atoms with Crippen molar-refractivity contribution in [3.8, 4) is 0 Å². The van der Waals surface area contributed by atoms with Gasteiger partial charge in [-0.1, -0.05) is 45.0 Å². The van der Waals surface area contributed by atoms with Crippen molar-refractivity contribution in [1.29, 1.82) is 0 Å². The van der Waals surface area contributed by atoms with Crippen LogP contribution in [-0.2, 0) is 10.2 Å². The predicted molar refractivity (Wildman–Crippen MR) is 92.5 cm³/mol. The number of anilines is 1. The van der Waals surface area contributed by atoms with E-state index in [1.165, 1.54) is 18.2 Å². The van der Waals surface area contributed by atoms with Crippen molar-refractivity contribution in [3.05, 3.63) is 65.5 Å². The topological polar surface area (TPSA) is 58.2 Å². The molecule has 0 unspecified atom stereocenters. The lowest BCUT2D eigenvalue weighted by Crippen LogP contribution is -2.33. The fourth-order valence-electron chi connectivity index (χ4n) is 2.16. The van der Waals surface area contributed by atoms with Gasteiger partial charge in [0.2, 0.25) is 5.91 Å².